The lowest BCUT2D eigenvalue weighted by molar-refractivity contribution is 0.264. The second-order valence-electron chi connectivity index (χ2n) is 3.77. The standard InChI is InChI=1S/C11H14FN.ClH/c12-10-6-2-5-9(7-10)11(13)8-3-1-4-8;/h2,5-8,11H,1,3-4,13H2;1H/t11-;/m1./s1. The molecule has 3 heteroatoms. The molecule has 1 saturated carbocycles. The van der Waals surface area contributed by atoms with E-state index in [1.165, 1.54) is 25.3 Å². The monoisotopic (exact) mass is 215 g/mol. The molecule has 1 aromatic rings. The number of rotatable bonds is 2. The fourth-order valence-electron chi connectivity index (χ4n) is 1.79. The fraction of sp³-hybridized carbons (Fsp3) is 0.455. The molecule has 1 fully saturated rings. The van der Waals surface area contributed by atoms with Gasteiger partial charge in [0.2, 0.25) is 0 Å². The zero-order valence-electron chi connectivity index (χ0n) is 7.95. The molecule has 1 aliphatic rings. The molecule has 0 bridgehead atoms. The zero-order valence-corrected chi connectivity index (χ0v) is 8.77. The van der Waals surface area contributed by atoms with Crippen molar-refractivity contribution in [2.24, 2.45) is 11.7 Å². The molecule has 1 aromatic carbocycles. The van der Waals surface area contributed by atoms with Crippen LogP contribution < -0.4 is 5.73 Å². The highest BCUT2D eigenvalue weighted by molar-refractivity contribution is 5.85. The van der Waals surface area contributed by atoms with Gasteiger partial charge in [-0.15, -0.1) is 12.4 Å². The van der Waals surface area contributed by atoms with Gasteiger partial charge in [0.15, 0.2) is 0 Å². The molecule has 0 amide bonds. The minimum atomic E-state index is -0.188. The summed E-state index contributed by atoms with van der Waals surface area (Å²) in [4.78, 5) is 0. The molecule has 1 atom stereocenters. The Morgan fingerprint density at radius 2 is 2.07 bits per heavy atom. The molecule has 14 heavy (non-hydrogen) atoms. The number of benzene rings is 1. The van der Waals surface area contributed by atoms with E-state index in [0.717, 1.165) is 5.56 Å². The van der Waals surface area contributed by atoms with Crippen LogP contribution in [0.1, 0.15) is 30.9 Å². The van der Waals surface area contributed by atoms with Gasteiger partial charge in [0.1, 0.15) is 5.82 Å². The minimum absolute atomic E-state index is 0. The molecule has 0 spiro atoms. The van der Waals surface area contributed by atoms with Crippen molar-refractivity contribution in [1.29, 1.82) is 0 Å². The van der Waals surface area contributed by atoms with Crippen LogP contribution in [0.3, 0.4) is 0 Å². The van der Waals surface area contributed by atoms with Gasteiger partial charge >= 0.3 is 0 Å². The van der Waals surface area contributed by atoms with Gasteiger partial charge < -0.3 is 5.73 Å². The lowest BCUT2D eigenvalue weighted by atomic mass is 9.77. The van der Waals surface area contributed by atoms with Gasteiger partial charge in [0, 0.05) is 6.04 Å². The van der Waals surface area contributed by atoms with Crippen molar-refractivity contribution in [2.45, 2.75) is 25.3 Å². The second kappa shape index (κ2) is 4.76. The Morgan fingerprint density at radius 3 is 2.57 bits per heavy atom. The summed E-state index contributed by atoms with van der Waals surface area (Å²) in [7, 11) is 0. The molecule has 0 radical (unpaired) electrons. The van der Waals surface area contributed by atoms with Crippen LogP contribution in [-0.4, -0.2) is 0 Å². The van der Waals surface area contributed by atoms with Crippen LogP contribution in [0.25, 0.3) is 0 Å². The van der Waals surface area contributed by atoms with Crippen LogP contribution in [0.4, 0.5) is 4.39 Å². The maximum absolute atomic E-state index is 12.9. The van der Waals surface area contributed by atoms with Crippen molar-refractivity contribution >= 4 is 12.4 Å². The average Bonchev–Trinajstić information content (AvgIpc) is 2.01. The Kier molecular flexibility index (Phi) is 3.90. The Balaban J connectivity index is 0.000000980. The number of halogens is 2. The molecule has 1 aliphatic carbocycles. The van der Waals surface area contributed by atoms with E-state index in [-0.39, 0.29) is 24.3 Å². The molecule has 2 rings (SSSR count). The Hall–Kier alpha value is -0.600. The Labute approximate surface area is 89.9 Å². The van der Waals surface area contributed by atoms with Gasteiger partial charge in [-0.2, -0.15) is 0 Å². The van der Waals surface area contributed by atoms with Gasteiger partial charge in [0.05, 0.1) is 0 Å². The first kappa shape index (κ1) is 11.5. The first-order valence-electron chi connectivity index (χ1n) is 4.78. The first-order valence-corrected chi connectivity index (χ1v) is 4.78. The summed E-state index contributed by atoms with van der Waals surface area (Å²) in [6.07, 6.45) is 3.66. The quantitative estimate of drug-likeness (QED) is 0.807. The topological polar surface area (TPSA) is 26.0 Å². The van der Waals surface area contributed by atoms with E-state index in [1.807, 2.05) is 6.07 Å². The highest BCUT2D eigenvalue weighted by atomic mass is 35.5. The lowest BCUT2D eigenvalue weighted by Crippen LogP contribution is -2.26. The first-order chi connectivity index (χ1) is 6.27. The van der Waals surface area contributed by atoms with Gasteiger partial charge in [-0.1, -0.05) is 18.6 Å². The molecule has 1 nitrogen and oxygen atoms in total. The lowest BCUT2D eigenvalue weighted by Gasteiger charge is -2.31. The molecule has 2 N–H and O–H groups in total. The van der Waals surface area contributed by atoms with E-state index in [9.17, 15) is 4.39 Å². The third kappa shape index (κ3) is 2.25. The van der Waals surface area contributed by atoms with E-state index in [0.29, 0.717) is 5.92 Å². The maximum atomic E-state index is 12.9. The van der Waals surface area contributed by atoms with Gasteiger partial charge in [0.25, 0.3) is 0 Å². The predicted molar refractivity (Wildman–Crippen MR) is 57.9 cm³/mol. The predicted octanol–water partition coefficient (Wildman–Crippen LogP) is 3.05. The van der Waals surface area contributed by atoms with Crippen LogP contribution in [0.5, 0.6) is 0 Å². The van der Waals surface area contributed by atoms with E-state index >= 15 is 0 Å². The largest absolute Gasteiger partial charge is 0.324 e. The summed E-state index contributed by atoms with van der Waals surface area (Å²) in [5, 5.41) is 0. The Bertz CT molecular complexity index is 299. The van der Waals surface area contributed by atoms with E-state index < -0.39 is 0 Å². The van der Waals surface area contributed by atoms with E-state index in [1.54, 1.807) is 12.1 Å². The number of nitrogens with two attached hydrogens (primary N) is 1. The Morgan fingerprint density at radius 1 is 1.36 bits per heavy atom. The third-order valence-electron chi connectivity index (χ3n) is 2.89. The summed E-state index contributed by atoms with van der Waals surface area (Å²) in [6.45, 7) is 0. The van der Waals surface area contributed by atoms with Crippen molar-refractivity contribution in [3.63, 3.8) is 0 Å². The smallest absolute Gasteiger partial charge is 0.123 e. The van der Waals surface area contributed by atoms with Crippen LogP contribution in [-0.2, 0) is 0 Å². The van der Waals surface area contributed by atoms with Crippen molar-refractivity contribution < 1.29 is 4.39 Å². The average molecular weight is 216 g/mol. The summed E-state index contributed by atoms with van der Waals surface area (Å²) in [6, 6.07) is 6.67. The van der Waals surface area contributed by atoms with Crippen molar-refractivity contribution in [2.75, 3.05) is 0 Å². The van der Waals surface area contributed by atoms with Crippen molar-refractivity contribution in [3.8, 4) is 0 Å². The van der Waals surface area contributed by atoms with Crippen LogP contribution in [0, 0.1) is 11.7 Å². The van der Waals surface area contributed by atoms with Gasteiger partial charge in [-0.05, 0) is 36.5 Å². The fourth-order valence-corrected chi connectivity index (χ4v) is 1.79. The summed E-state index contributed by atoms with van der Waals surface area (Å²) < 4.78 is 12.9. The van der Waals surface area contributed by atoms with E-state index in [4.69, 9.17) is 5.73 Å². The third-order valence-corrected chi connectivity index (χ3v) is 2.89. The highest BCUT2D eigenvalue weighted by Gasteiger charge is 2.25. The zero-order chi connectivity index (χ0) is 9.26. The van der Waals surface area contributed by atoms with Crippen LogP contribution >= 0.6 is 12.4 Å². The molecular weight excluding hydrogens is 201 g/mol. The summed E-state index contributed by atoms with van der Waals surface area (Å²) in [5.74, 6) is 0.383. The van der Waals surface area contributed by atoms with Crippen LogP contribution in [0.15, 0.2) is 24.3 Å². The minimum Gasteiger partial charge on any atom is -0.324 e. The maximum Gasteiger partial charge on any atom is 0.123 e. The molecule has 0 saturated heterocycles. The summed E-state index contributed by atoms with van der Waals surface area (Å²) >= 11 is 0. The second-order valence-corrected chi connectivity index (χ2v) is 3.77. The number of hydrogen-bond acceptors (Lipinski definition) is 1. The molecule has 0 heterocycles. The number of hydrogen-bond donors (Lipinski definition) is 1. The van der Waals surface area contributed by atoms with E-state index in [2.05, 4.69) is 0 Å². The van der Waals surface area contributed by atoms with Crippen molar-refractivity contribution in [3.05, 3.63) is 35.6 Å². The molecule has 0 aliphatic heterocycles. The van der Waals surface area contributed by atoms with Gasteiger partial charge in [-0.3, -0.25) is 0 Å². The van der Waals surface area contributed by atoms with Crippen molar-refractivity contribution in [1.82, 2.24) is 0 Å². The highest BCUT2D eigenvalue weighted by Crippen LogP contribution is 2.36. The molecular formula is C11H15ClFN. The SMILES string of the molecule is Cl.N[C@@H](c1cccc(F)c1)C1CCC1. The summed E-state index contributed by atoms with van der Waals surface area (Å²) in [5.41, 5.74) is 6.94. The van der Waals surface area contributed by atoms with Gasteiger partial charge in [-0.25, -0.2) is 4.39 Å². The normalized spacial score (nSPS) is 18.1. The molecule has 0 aromatic heterocycles. The van der Waals surface area contributed by atoms with Crippen LogP contribution in [0.2, 0.25) is 0 Å². The molecule has 0 unspecified atom stereocenters. The molecule has 78 valence electrons.